The van der Waals surface area contributed by atoms with Gasteiger partial charge in [0.05, 0.1) is 12.2 Å². The molecule has 0 atom stereocenters. The van der Waals surface area contributed by atoms with E-state index < -0.39 is 0 Å². The van der Waals surface area contributed by atoms with Crippen LogP contribution in [0.5, 0.6) is 5.75 Å². The molecule has 0 aromatic heterocycles. The lowest BCUT2D eigenvalue weighted by molar-refractivity contribution is -0.136. The van der Waals surface area contributed by atoms with Gasteiger partial charge in [-0.05, 0) is 43.0 Å². The highest BCUT2D eigenvalue weighted by molar-refractivity contribution is 6.36. The Morgan fingerprint density at radius 3 is 2.36 bits per heavy atom. The third kappa shape index (κ3) is 5.14. The summed E-state index contributed by atoms with van der Waals surface area (Å²) in [6.45, 7) is 4.98. The molecule has 0 spiro atoms. The van der Waals surface area contributed by atoms with Crippen molar-refractivity contribution < 1.29 is 14.3 Å². The molecule has 1 heterocycles. The van der Waals surface area contributed by atoms with Gasteiger partial charge in [0, 0.05) is 18.3 Å². The van der Waals surface area contributed by atoms with E-state index in [4.69, 9.17) is 4.74 Å². The fourth-order valence-electron chi connectivity index (χ4n) is 3.80. The molecule has 1 N–H and O–H groups in total. The van der Waals surface area contributed by atoms with Gasteiger partial charge >= 0.3 is 0 Å². The third-order valence-electron chi connectivity index (χ3n) is 5.55. The van der Waals surface area contributed by atoms with Gasteiger partial charge in [-0.15, -0.1) is 0 Å². The minimum absolute atomic E-state index is 0.277. The smallest absolute Gasteiger partial charge is 0.278 e. The largest absolute Gasteiger partial charge is 0.494 e. The van der Waals surface area contributed by atoms with Crippen molar-refractivity contribution in [3.63, 3.8) is 0 Å². The molecule has 5 nitrogen and oxygen atoms in total. The maximum atomic E-state index is 13.4. The van der Waals surface area contributed by atoms with Crippen LogP contribution in [0.4, 0.5) is 5.69 Å². The van der Waals surface area contributed by atoms with E-state index in [2.05, 4.69) is 5.32 Å². The van der Waals surface area contributed by atoms with E-state index in [1.165, 1.54) is 4.90 Å². The third-order valence-corrected chi connectivity index (χ3v) is 5.55. The molecule has 0 saturated carbocycles. The molecule has 0 bridgehead atoms. The van der Waals surface area contributed by atoms with E-state index in [-0.39, 0.29) is 11.8 Å². The molecule has 0 saturated heterocycles. The molecule has 3 aromatic rings. The van der Waals surface area contributed by atoms with Gasteiger partial charge < -0.3 is 10.1 Å². The first-order valence-corrected chi connectivity index (χ1v) is 11.3. The molecule has 168 valence electrons. The van der Waals surface area contributed by atoms with Crippen molar-refractivity contribution in [3.8, 4) is 5.75 Å². The molecule has 0 unspecified atom stereocenters. The number of carbonyl (C=O) groups excluding carboxylic acids is 2. The standard InChI is InChI=1S/C28H28N2O3/c1-3-18-33-24-11-7-10-23(19-24)29-26-25(22-14-12-20(2)13-15-22)27(31)30(28(26)32)17-16-21-8-5-4-6-9-21/h4-15,19,29H,3,16-18H2,1-2H3. The van der Waals surface area contributed by atoms with Crippen LogP contribution in [0.2, 0.25) is 0 Å². The number of nitrogens with zero attached hydrogens (tertiary/aromatic N) is 1. The molecule has 3 aromatic carbocycles. The van der Waals surface area contributed by atoms with Crippen LogP contribution in [0.3, 0.4) is 0 Å². The summed E-state index contributed by atoms with van der Waals surface area (Å²) in [4.78, 5) is 28.2. The average Bonchev–Trinajstić information content (AvgIpc) is 3.06. The number of benzene rings is 3. The zero-order valence-corrected chi connectivity index (χ0v) is 19.0. The Kier molecular flexibility index (Phi) is 6.89. The minimum Gasteiger partial charge on any atom is -0.494 e. The van der Waals surface area contributed by atoms with Gasteiger partial charge in [0.15, 0.2) is 0 Å². The monoisotopic (exact) mass is 440 g/mol. The van der Waals surface area contributed by atoms with E-state index in [1.807, 2.05) is 92.7 Å². The van der Waals surface area contributed by atoms with E-state index in [9.17, 15) is 9.59 Å². The van der Waals surface area contributed by atoms with Crippen LogP contribution in [0.1, 0.15) is 30.0 Å². The first-order chi connectivity index (χ1) is 16.1. The van der Waals surface area contributed by atoms with Gasteiger partial charge in [-0.1, -0.05) is 73.2 Å². The van der Waals surface area contributed by atoms with E-state index in [0.717, 1.165) is 28.9 Å². The topological polar surface area (TPSA) is 58.6 Å². The Hall–Kier alpha value is -3.86. The predicted molar refractivity (Wildman–Crippen MR) is 131 cm³/mol. The lowest BCUT2D eigenvalue weighted by Gasteiger charge is -2.15. The fraction of sp³-hybridized carbons (Fsp3) is 0.214. The molecule has 2 amide bonds. The number of hydrogen-bond donors (Lipinski definition) is 1. The second kappa shape index (κ2) is 10.2. The molecular weight excluding hydrogens is 412 g/mol. The Bertz CT molecular complexity index is 1170. The molecule has 0 aliphatic carbocycles. The summed E-state index contributed by atoms with van der Waals surface area (Å²) < 4.78 is 5.72. The second-order valence-corrected chi connectivity index (χ2v) is 8.11. The molecular formula is C28H28N2O3. The molecule has 33 heavy (non-hydrogen) atoms. The lowest BCUT2D eigenvalue weighted by atomic mass is 10.0. The molecule has 0 radical (unpaired) electrons. The van der Waals surface area contributed by atoms with Crippen molar-refractivity contribution in [2.75, 3.05) is 18.5 Å². The van der Waals surface area contributed by atoms with Gasteiger partial charge in [0.25, 0.3) is 11.8 Å². The van der Waals surface area contributed by atoms with Gasteiger partial charge in [-0.2, -0.15) is 0 Å². The molecule has 1 aliphatic rings. The molecule has 1 aliphatic heterocycles. The van der Waals surface area contributed by atoms with E-state index in [1.54, 1.807) is 0 Å². The fourth-order valence-corrected chi connectivity index (χ4v) is 3.80. The van der Waals surface area contributed by atoms with Crippen LogP contribution in [0.25, 0.3) is 5.57 Å². The summed E-state index contributed by atoms with van der Waals surface area (Å²) >= 11 is 0. The van der Waals surface area contributed by atoms with Gasteiger partial charge in [0.1, 0.15) is 11.4 Å². The maximum absolute atomic E-state index is 13.4. The van der Waals surface area contributed by atoms with Crippen LogP contribution in [-0.2, 0) is 16.0 Å². The maximum Gasteiger partial charge on any atom is 0.278 e. The summed E-state index contributed by atoms with van der Waals surface area (Å²) in [7, 11) is 0. The van der Waals surface area contributed by atoms with Crippen molar-refractivity contribution in [1.29, 1.82) is 0 Å². The zero-order valence-electron chi connectivity index (χ0n) is 19.0. The summed E-state index contributed by atoms with van der Waals surface area (Å²) in [5.41, 5.74) is 4.29. The predicted octanol–water partition coefficient (Wildman–Crippen LogP) is 5.22. The lowest BCUT2D eigenvalue weighted by Crippen LogP contribution is -2.34. The number of aryl methyl sites for hydroxylation is 1. The first-order valence-electron chi connectivity index (χ1n) is 11.3. The number of amides is 2. The van der Waals surface area contributed by atoms with Crippen molar-refractivity contribution in [3.05, 3.63) is 101 Å². The van der Waals surface area contributed by atoms with Crippen molar-refractivity contribution >= 4 is 23.1 Å². The highest BCUT2D eigenvalue weighted by Gasteiger charge is 2.38. The molecule has 5 heteroatoms. The van der Waals surface area contributed by atoms with Gasteiger partial charge in [-0.25, -0.2) is 0 Å². The summed E-state index contributed by atoms with van der Waals surface area (Å²) in [6, 6.07) is 25.0. The Morgan fingerprint density at radius 2 is 1.64 bits per heavy atom. The SMILES string of the molecule is CCCOc1cccc(NC2=C(c3ccc(C)cc3)C(=O)N(CCc3ccccc3)C2=O)c1. The number of hydrogen-bond acceptors (Lipinski definition) is 4. The quantitative estimate of drug-likeness (QED) is 0.464. The zero-order chi connectivity index (χ0) is 23.2. The highest BCUT2D eigenvalue weighted by Crippen LogP contribution is 2.31. The number of rotatable bonds is 9. The number of ether oxygens (including phenoxy) is 1. The minimum atomic E-state index is -0.314. The molecule has 4 rings (SSSR count). The summed E-state index contributed by atoms with van der Waals surface area (Å²) in [5, 5.41) is 3.22. The van der Waals surface area contributed by atoms with Crippen LogP contribution in [0.15, 0.2) is 84.6 Å². The number of nitrogens with one attached hydrogen (secondary N) is 1. The molecule has 0 fully saturated rings. The van der Waals surface area contributed by atoms with E-state index in [0.29, 0.717) is 36.5 Å². The average molecular weight is 441 g/mol. The van der Waals surface area contributed by atoms with Crippen molar-refractivity contribution in [1.82, 2.24) is 4.90 Å². The Balaban J connectivity index is 1.64. The Labute approximate surface area is 194 Å². The van der Waals surface area contributed by atoms with Crippen molar-refractivity contribution in [2.45, 2.75) is 26.7 Å². The van der Waals surface area contributed by atoms with Crippen LogP contribution < -0.4 is 10.1 Å². The number of imide groups is 1. The van der Waals surface area contributed by atoms with Crippen LogP contribution in [0, 0.1) is 6.92 Å². The van der Waals surface area contributed by atoms with Crippen LogP contribution in [-0.4, -0.2) is 29.9 Å². The van der Waals surface area contributed by atoms with Crippen molar-refractivity contribution in [2.24, 2.45) is 0 Å². The Morgan fingerprint density at radius 1 is 0.879 bits per heavy atom. The number of carbonyl (C=O) groups is 2. The van der Waals surface area contributed by atoms with Gasteiger partial charge in [-0.3, -0.25) is 14.5 Å². The van der Waals surface area contributed by atoms with Gasteiger partial charge in [0.2, 0.25) is 0 Å². The summed E-state index contributed by atoms with van der Waals surface area (Å²) in [6.07, 6.45) is 1.51. The van der Waals surface area contributed by atoms with E-state index >= 15 is 0 Å². The normalized spacial score (nSPS) is 13.6. The van der Waals surface area contributed by atoms with Crippen LogP contribution >= 0.6 is 0 Å². The number of anilines is 1. The second-order valence-electron chi connectivity index (χ2n) is 8.11. The highest BCUT2D eigenvalue weighted by atomic mass is 16.5. The summed E-state index contributed by atoms with van der Waals surface area (Å²) in [5.74, 6) is 0.129. The first kappa shape index (κ1) is 22.3.